The Kier molecular flexibility index (Phi) is 4.28. The Morgan fingerprint density at radius 2 is 2.06 bits per heavy atom. The van der Waals surface area contributed by atoms with Crippen LogP contribution in [0.5, 0.6) is 5.75 Å². The molecule has 0 radical (unpaired) electrons. The molecule has 18 heavy (non-hydrogen) atoms. The van der Waals surface area contributed by atoms with E-state index in [1.54, 1.807) is 0 Å². The Labute approximate surface area is 100.0 Å². The number of benzene rings is 1. The molecule has 1 aromatic rings. The quantitative estimate of drug-likeness (QED) is 0.672. The Bertz CT molecular complexity index is 442. The van der Waals surface area contributed by atoms with E-state index in [2.05, 4.69) is 4.74 Å². The number of rotatable bonds is 4. The fourth-order valence-electron chi connectivity index (χ4n) is 1.17. The van der Waals surface area contributed by atoms with Crippen molar-refractivity contribution in [1.82, 2.24) is 0 Å². The van der Waals surface area contributed by atoms with Gasteiger partial charge in [-0.05, 0) is 25.1 Å². The number of ketones is 1. The van der Waals surface area contributed by atoms with Crippen LogP contribution in [-0.2, 0) is 0 Å². The van der Waals surface area contributed by atoms with Gasteiger partial charge in [0.15, 0.2) is 11.9 Å². The number of Topliss-reactive ketones (excluding diaryl/α,β-unsaturated/α-hetero) is 1. The van der Waals surface area contributed by atoms with Crippen molar-refractivity contribution in [2.45, 2.75) is 19.2 Å². The minimum absolute atomic E-state index is 0.177. The van der Waals surface area contributed by atoms with Crippen LogP contribution in [0.4, 0.5) is 17.6 Å². The largest absolute Gasteiger partial charge is 0.490 e. The Hall–Kier alpha value is -1.63. The van der Waals surface area contributed by atoms with Gasteiger partial charge in [0.25, 0.3) is 0 Å². The van der Waals surface area contributed by atoms with Gasteiger partial charge >= 0.3 is 6.18 Å². The molecule has 1 unspecified atom stereocenters. The molecule has 0 amide bonds. The fraction of sp³-hybridized carbons (Fsp3) is 0.364. The number of ether oxygens (including phenoxy) is 1. The molecule has 0 aliphatic carbocycles. The lowest BCUT2D eigenvalue weighted by atomic mass is 10.1. The number of carbonyl (C=O) groups excluding carboxylic acids is 1. The highest BCUT2D eigenvalue weighted by Crippen LogP contribution is 2.24. The fourth-order valence-corrected chi connectivity index (χ4v) is 1.17. The molecule has 0 aromatic heterocycles. The third kappa shape index (κ3) is 3.69. The molecule has 100 valence electrons. The van der Waals surface area contributed by atoms with Gasteiger partial charge in [0, 0.05) is 0 Å². The Balaban J connectivity index is 2.82. The summed E-state index contributed by atoms with van der Waals surface area (Å²) in [4.78, 5) is 11.1. The van der Waals surface area contributed by atoms with E-state index in [4.69, 9.17) is 5.11 Å². The summed E-state index contributed by atoms with van der Waals surface area (Å²) in [5.41, 5.74) is -0.177. The molecule has 0 heterocycles. The summed E-state index contributed by atoms with van der Waals surface area (Å²) >= 11 is 0. The predicted molar refractivity (Wildman–Crippen MR) is 54.0 cm³/mol. The van der Waals surface area contributed by atoms with Crippen LogP contribution in [0.25, 0.3) is 0 Å². The van der Waals surface area contributed by atoms with Crippen LogP contribution in [0.3, 0.4) is 0 Å². The van der Waals surface area contributed by atoms with Crippen LogP contribution in [0, 0.1) is 5.82 Å². The van der Waals surface area contributed by atoms with Gasteiger partial charge in [0.1, 0.15) is 18.2 Å². The average molecular weight is 266 g/mol. The van der Waals surface area contributed by atoms with Crippen LogP contribution in [0.2, 0.25) is 0 Å². The van der Waals surface area contributed by atoms with Crippen molar-refractivity contribution in [3.05, 3.63) is 29.6 Å². The van der Waals surface area contributed by atoms with Gasteiger partial charge in [-0.2, -0.15) is 13.2 Å². The summed E-state index contributed by atoms with van der Waals surface area (Å²) in [5.74, 6) is -1.46. The van der Waals surface area contributed by atoms with Crippen molar-refractivity contribution >= 4 is 5.78 Å². The molecule has 1 rings (SSSR count). The lowest BCUT2D eigenvalue weighted by Crippen LogP contribution is -2.34. The van der Waals surface area contributed by atoms with Crippen LogP contribution < -0.4 is 4.74 Å². The summed E-state index contributed by atoms with van der Waals surface area (Å²) in [6.45, 7) is 0.0667. The number of aliphatic hydroxyl groups is 1. The zero-order valence-corrected chi connectivity index (χ0v) is 9.29. The third-order valence-electron chi connectivity index (χ3n) is 2.10. The number of aliphatic hydroxyl groups excluding tert-OH is 1. The molecule has 0 saturated heterocycles. The molecule has 1 atom stereocenters. The van der Waals surface area contributed by atoms with E-state index in [1.165, 1.54) is 0 Å². The van der Waals surface area contributed by atoms with E-state index in [9.17, 15) is 22.4 Å². The first-order valence-corrected chi connectivity index (χ1v) is 4.90. The van der Waals surface area contributed by atoms with Gasteiger partial charge in [-0.25, -0.2) is 4.39 Å². The number of hydrogen-bond donors (Lipinski definition) is 1. The Morgan fingerprint density at radius 1 is 1.44 bits per heavy atom. The topological polar surface area (TPSA) is 46.5 Å². The minimum Gasteiger partial charge on any atom is -0.490 e. The van der Waals surface area contributed by atoms with Crippen LogP contribution in [-0.4, -0.2) is 29.8 Å². The van der Waals surface area contributed by atoms with Crippen LogP contribution in [0.15, 0.2) is 18.2 Å². The van der Waals surface area contributed by atoms with Crippen LogP contribution in [0.1, 0.15) is 17.3 Å². The SMILES string of the molecule is CC(=O)c1cc(F)ccc1OCC(O)C(F)(F)F. The molecule has 0 aliphatic heterocycles. The number of hydrogen-bond acceptors (Lipinski definition) is 3. The molecule has 0 aliphatic rings. The molecule has 0 spiro atoms. The summed E-state index contributed by atoms with van der Waals surface area (Å²) in [7, 11) is 0. The van der Waals surface area contributed by atoms with Gasteiger partial charge in [0.2, 0.25) is 0 Å². The highest BCUT2D eigenvalue weighted by molar-refractivity contribution is 5.96. The van der Waals surface area contributed by atoms with E-state index in [1.807, 2.05) is 0 Å². The van der Waals surface area contributed by atoms with Crippen molar-refractivity contribution in [2.75, 3.05) is 6.61 Å². The number of carbonyl (C=O) groups is 1. The summed E-state index contributed by atoms with van der Waals surface area (Å²) in [6.07, 6.45) is -7.47. The predicted octanol–water partition coefficient (Wildman–Crippen LogP) is 2.33. The van der Waals surface area contributed by atoms with Crippen molar-refractivity contribution in [3.63, 3.8) is 0 Å². The molecule has 1 N–H and O–H groups in total. The summed E-state index contributed by atoms with van der Waals surface area (Å²) in [6, 6.07) is 2.84. The average Bonchev–Trinajstić information content (AvgIpc) is 2.25. The molecule has 1 aromatic carbocycles. The molecule has 3 nitrogen and oxygen atoms in total. The van der Waals surface area contributed by atoms with E-state index < -0.39 is 30.5 Å². The smallest absolute Gasteiger partial charge is 0.417 e. The molecular formula is C11H10F4O3. The molecular weight excluding hydrogens is 256 g/mol. The molecule has 0 saturated carbocycles. The van der Waals surface area contributed by atoms with Crippen molar-refractivity contribution in [1.29, 1.82) is 0 Å². The Morgan fingerprint density at radius 3 is 2.56 bits per heavy atom. The zero-order valence-electron chi connectivity index (χ0n) is 9.29. The lowest BCUT2D eigenvalue weighted by molar-refractivity contribution is -0.210. The zero-order chi connectivity index (χ0) is 13.9. The van der Waals surface area contributed by atoms with Crippen molar-refractivity contribution in [2.24, 2.45) is 0 Å². The maximum absolute atomic E-state index is 12.9. The van der Waals surface area contributed by atoms with Gasteiger partial charge in [-0.3, -0.25) is 4.79 Å². The monoisotopic (exact) mass is 266 g/mol. The highest BCUT2D eigenvalue weighted by atomic mass is 19.4. The van der Waals surface area contributed by atoms with Gasteiger partial charge in [-0.15, -0.1) is 0 Å². The molecule has 7 heteroatoms. The van der Waals surface area contributed by atoms with Gasteiger partial charge < -0.3 is 9.84 Å². The standard InChI is InChI=1S/C11H10F4O3/c1-6(16)8-4-7(12)2-3-9(8)18-5-10(17)11(13,14)15/h2-4,10,17H,5H2,1H3. The summed E-state index contributed by atoms with van der Waals surface area (Å²) < 4.78 is 53.6. The molecule has 0 bridgehead atoms. The van der Waals surface area contributed by atoms with Crippen molar-refractivity contribution in [3.8, 4) is 5.75 Å². The normalized spacial score (nSPS) is 13.2. The van der Waals surface area contributed by atoms with Crippen molar-refractivity contribution < 1.29 is 32.2 Å². The highest BCUT2D eigenvalue weighted by Gasteiger charge is 2.38. The first-order chi connectivity index (χ1) is 8.21. The second-order valence-electron chi connectivity index (χ2n) is 3.57. The van der Waals surface area contributed by atoms with E-state index in [0.29, 0.717) is 0 Å². The summed E-state index contributed by atoms with van der Waals surface area (Å²) in [5, 5.41) is 8.72. The minimum atomic E-state index is -4.81. The maximum atomic E-state index is 12.9. The first-order valence-electron chi connectivity index (χ1n) is 4.90. The van der Waals surface area contributed by atoms with Gasteiger partial charge in [-0.1, -0.05) is 0 Å². The van der Waals surface area contributed by atoms with E-state index in [-0.39, 0.29) is 11.3 Å². The number of alkyl halides is 3. The second kappa shape index (κ2) is 5.34. The first kappa shape index (κ1) is 14.4. The van der Waals surface area contributed by atoms with Gasteiger partial charge in [0.05, 0.1) is 5.56 Å². The second-order valence-corrected chi connectivity index (χ2v) is 3.57. The van der Waals surface area contributed by atoms with E-state index in [0.717, 1.165) is 25.1 Å². The molecule has 0 fully saturated rings. The van der Waals surface area contributed by atoms with E-state index >= 15 is 0 Å². The third-order valence-corrected chi connectivity index (χ3v) is 2.10. The van der Waals surface area contributed by atoms with Crippen LogP contribution >= 0.6 is 0 Å². The number of halogens is 4. The lowest BCUT2D eigenvalue weighted by Gasteiger charge is -2.16. The maximum Gasteiger partial charge on any atom is 0.417 e.